The lowest BCUT2D eigenvalue weighted by atomic mass is 9.89. The molecule has 0 spiro atoms. The van der Waals surface area contributed by atoms with Gasteiger partial charge in [-0.2, -0.15) is 18.3 Å². The molecule has 0 saturated heterocycles. The fourth-order valence-electron chi connectivity index (χ4n) is 3.89. The molecule has 1 atom stereocenters. The monoisotopic (exact) mass is 418 g/mol. The Kier molecular flexibility index (Phi) is 4.67. The number of aryl methyl sites for hydroxylation is 1. The summed E-state index contributed by atoms with van der Waals surface area (Å²) in [5.74, 6) is -0.989. The SMILES string of the molecule is O=C(O)CCn1cc(-c2ccc3c(c2)C(O)(C(F)(F)F)c2cccc(CO)c2-3)cn1. The van der Waals surface area contributed by atoms with Crippen LogP contribution in [0.2, 0.25) is 0 Å². The number of carboxylic acid groups (broad SMARTS) is 1. The van der Waals surface area contributed by atoms with Gasteiger partial charge < -0.3 is 15.3 Å². The van der Waals surface area contributed by atoms with Crippen molar-refractivity contribution < 1.29 is 33.3 Å². The van der Waals surface area contributed by atoms with E-state index in [-0.39, 0.29) is 35.2 Å². The smallest absolute Gasteiger partial charge is 0.425 e. The Bertz CT molecular complexity index is 1140. The first-order valence-electron chi connectivity index (χ1n) is 9.08. The van der Waals surface area contributed by atoms with Crippen molar-refractivity contribution in [2.45, 2.75) is 31.3 Å². The van der Waals surface area contributed by atoms with E-state index in [1.807, 2.05) is 0 Å². The highest BCUT2D eigenvalue weighted by atomic mass is 19.4. The Morgan fingerprint density at radius 3 is 2.57 bits per heavy atom. The number of alkyl halides is 3. The van der Waals surface area contributed by atoms with E-state index in [9.17, 15) is 28.2 Å². The summed E-state index contributed by atoms with van der Waals surface area (Å²) in [6.07, 6.45) is -2.15. The molecule has 1 unspecified atom stereocenters. The Balaban J connectivity index is 1.85. The maximum Gasteiger partial charge on any atom is 0.425 e. The zero-order valence-corrected chi connectivity index (χ0v) is 15.5. The number of carbonyl (C=O) groups is 1. The highest BCUT2D eigenvalue weighted by Crippen LogP contribution is 2.56. The van der Waals surface area contributed by atoms with Gasteiger partial charge in [0.1, 0.15) is 0 Å². The lowest BCUT2D eigenvalue weighted by molar-refractivity contribution is -0.246. The fraction of sp³-hybridized carbons (Fsp3) is 0.238. The van der Waals surface area contributed by atoms with Crippen molar-refractivity contribution in [2.24, 2.45) is 0 Å². The van der Waals surface area contributed by atoms with E-state index in [4.69, 9.17) is 5.11 Å². The molecule has 1 heterocycles. The average Bonchev–Trinajstić information content (AvgIpc) is 3.28. The van der Waals surface area contributed by atoms with Crippen molar-refractivity contribution in [3.63, 3.8) is 0 Å². The first kappa shape index (κ1) is 20.1. The second-order valence-corrected chi connectivity index (χ2v) is 7.10. The largest absolute Gasteiger partial charge is 0.481 e. The standard InChI is InChI=1S/C21H17F3N2O4/c22-21(23,24)20(30)16-3-1-2-13(11-27)19(16)15-5-4-12(8-17(15)20)14-9-25-26(10-14)7-6-18(28)29/h1-5,8-10,27,30H,6-7,11H2,(H,28,29). The lowest BCUT2D eigenvalue weighted by Gasteiger charge is -2.28. The molecule has 0 radical (unpaired) electrons. The van der Waals surface area contributed by atoms with Gasteiger partial charge in [-0.25, -0.2) is 0 Å². The molecule has 1 aromatic heterocycles. The Labute approximate surface area is 168 Å². The van der Waals surface area contributed by atoms with E-state index in [1.165, 1.54) is 41.2 Å². The van der Waals surface area contributed by atoms with Gasteiger partial charge in [-0.05, 0) is 28.3 Å². The van der Waals surface area contributed by atoms with Crippen LogP contribution in [0.25, 0.3) is 22.3 Å². The van der Waals surface area contributed by atoms with Gasteiger partial charge in [0.05, 0.1) is 25.8 Å². The van der Waals surface area contributed by atoms with Crippen molar-refractivity contribution in [3.8, 4) is 22.3 Å². The number of aliphatic carboxylic acids is 1. The van der Waals surface area contributed by atoms with Gasteiger partial charge >= 0.3 is 12.1 Å². The molecule has 3 N–H and O–H groups in total. The number of nitrogens with zero attached hydrogens (tertiary/aromatic N) is 2. The predicted octanol–water partition coefficient (Wildman–Crippen LogP) is 3.30. The van der Waals surface area contributed by atoms with E-state index in [2.05, 4.69) is 5.10 Å². The topological polar surface area (TPSA) is 95.6 Å². The van der Waals surface area contributed by atoms with E-state index < -0.39 is 24.4 Å². The van der Waals surface area contributed by atoms with Gasteiger partial charge in [-0.3, -0.25) is 9.48 Å². The number of benzene rings is 2. The van der Waals surface area contributed by atoms with Crippen LogP contribution in [0.3, 0.4) is 0 Å². The zero-order chi connectivity index (χ0) is 21.7. The Hall–Kier alpha value is -3.17. The molecule has 1 aliphatic rings. The molecule has 1 aliphatic carbocycles. The second-order valence-electron chi connectivity index (χ2n) is 7.10. The van der Waals surface area contributed by atoms with Crippen LogP contribution in [-0.4, -0.2) is 37.2 Å². The Morgan fingerprint density at radius 2 is 1.90 bits per heavy atom. The quantitative estimate of drug-likeness (QED) is 0.591. The number of halogens is 3. The van der Waals surface area contributed by atoms with Gasteiger partial charge in [-0.1, -0.05) is 30.3 Å². The third kappa shape index (κ3) is 2.98. The maximum atomic E-state index is 14.1. The average molecular weight is 418 g/mol. The molecule has 0 fully saturated rings. The molecule has 30 heavy (non-hydrogen) atoms. The van der Waals surface area contributed by atoms with Crippen LogP contribution in [0.15, 0.2) is 48.8 Å². The summed E-state index contributed by atoms with van der Waals surface area (Å²) >= 11 is 0. The molecule has 3 aromatic rings. The summed E-state index contributed by atoms with van der Waals surface area (Å²) in [4.78, 5) is 10.7. The van der Waals surface area contributed by atoms with Crippen molar-refractivity contribution in [3.05, 3.63) is 65.5 Å². The molecule has 156 valence electrons. The van der Waals surface area contributed by atoms with Crippen LogP contribution in [0.5, 0.6) is 0 Å². The normalized spacial score (nSPS) is 17.6. The molecule has 0 bridgehead atoms. The van der Waals surface area contributed by atoms with E-state index in [0.29, 0.717) is 16.7 Å². The first-order chi connectivity index (χ1) is 14.2. The number of aromatic nitrogens is 2. The maximum absolute atomic E-state index is 14.1. The number of rotatable bonds is 5. The highest BCUT2D eigenvalue weighted by molar-refractivity contribution is 5.85. The zero-order valence-electron chi connectivity index (χ0n) is 15.5. The lowest BCUT2D eigenvalue weighted by Crippen LogP contribution is -2.41. The number of aliphatic hydroxyl groups is 2. The number of hydrogen-bond acceptors (Lipinski definition) is 4. The summed E-state index contributed by atoms with van der Waals surface area (Å²) in [7, 11) is 0. The molecular formula is C21H17F3N2O4. The number of carboxylic acids is 1. The summed E-state index contributed by atoms with van der Waals surface area (Å²) in [5.41, 5.74) is -2.27. The third-order valence-corrected chi connectivity index (χ3v) is 5.32. The van der Waals surface area contributed by atoms with Crippen LogP contribution in [0.4, 0.5) is 13.2 Å². The van der Waals surface area contributed by atoms with Crippen LogP contribution in [0, 0.1) is 0 Å². The number of aliphatic hydroxyl groups excluding tert-OH is 1. The van der Waals surface area contributed by atoms with Crippen molar-refractivity contribution >= 4 is 5.97 Å². The summed E-state index contributed by atoms with van der Waals surface area (Å²) in [6, 6.07) is 8.47. The van der Waals surface area contributed by atoms with Gasteiger partial charge in [-0.15, -0.1) is 0 Å². The van der Waals surface area contributed by atoms with Crippen molar-refractivity contribution in [1.29, 1.82) is 0 Å². The predicted molar refractivity (Wildman–Crippen MR) is 100 cm³/mol. The van der Waals surface area contributed by atoms with Crippen molar-refractivity contribution in [1.82, 2.24) is 9.78 Å². The molecule has 4 rings (SSSR count). The first-order valence-corrected chi connectivity index (χ1v) is 9.08. The minimum atomic E-state index is -4.98. The van der Waals surface area contributed by atoms with Gasteiger partial charge in [0.2, 0.25) is 5.60 Å². The molecule has 0 saturated carbocycles. The van der Waals surface area contributed by atoms with Gasteiger partial charge in [0.15, 0.2) is 0 Å². The minimum absolute atomic E-state index is 0.123. The molecular weight excluding hydrogens is 401 g/mol. The van der Waals surface area contributed by atoms with E-state index in [0.717, 1.165) is 0 Å². The second kappa shape index (κ2) is 6.96. The Morgan fingerprint density at radius 1 is 1.13 bits per heavy atom. The van der Waals surface area contributed by atoms with Gasteiger partial charge in [0, 0.05) is 22.9 Å². The van der Waals surface area contributed by atoms with E-state index in [1.54, 1.807) is 12.3 Å². The molecule has 0 aliphatic heterocycles. The third-order valence-electron chi connectivity index (χ3n) is 5.32. The van der Waals surface area contributed by atoms with Crippen molar-refractivity contribution in [2.75, 3.05) is 0 Å². The van der Waals surface area contributed by atoms with E-state index >= 15 is 0 Å². The molecule has 9 heteroatoms. The van der Waals surface area contributed by atoms with Crippen LogP contribution >= 0.6 is 0 Å². The summed E-state index contributed by atoms with van der Waals surface area (Å²) in [5, 5.41) is 33.3. The summed E-state index contributed by atoms with van der Waals surface area (Å²) in [6.45, 7) is -0.341. The molecule has 0 amide bonds. The highest BCUT2D eigenvalue weighted by Gasteiger charge is 2.61. The summed E-state index contributed by atoms with van der Waals surface area (Å²) < 4.78 is 43.6. The fourth-order valence-corrected chi connectivity index (χ4v) is 3.89. The van der Waals surface area contributed by atoms with Gasteiger partial charge in [0.25, 0.3) is 0 Å². The van der Waals surface area contributed by atoms with Crippen LogP contribution in [0.1, 0.15) is 23.1 Å². The van der Waals surface area contributed by atoms with Crippen LogP contribution in [-0.2, 0) is 23.5 Å². The minimum Gasteiger partial charge on any atom is -0.481 e. The van der Waals surface area contributed by atoms with Crippen LogP contribution < -0.4 is 0 Å². The number of fused-ring (bicyclic) bond motifs is 3. The molecule has 2 aromatic carbocycles. The molecule has 6 nitrogen and oxygen atoms in total. The number of hydrogen-bond donors (Lipinski definition) is 3.